The molecule has 3 heterocycles. The number of likely N-dealkylation sites (tertiary alicyclic amines) is 1. The third-order valence-electron chi connectivity index (χ3n) is 4.38. The molecule has 20 heavy (non-hydrogen) atoms. The highest BCUT2D eigenvalue weighted by molar-refractivity contribution is 5.52. The number of pyridine rings is 1. The summed E-state index contributed by atoms with van der Waals surface area (Å²) in [4.78, 5) is 7.17. The molecule has 0 bridgehead atoms. The number of rotatable bonds is 3. The van der Waals surface area contributed by atoms with Gasteiger partial charge >= 0.3 is 0 Å². The minimum Gasteiger partial charge on any atom is -0.398 e. The lowest BCUT2D eigenvalue weighted by Gasteiger charge is -2.35. The highest BCUT2D eigenvalue weighted by Gasteiger charge is 2.23. The summed E-state index contributed by atoms with van der Waals surface area (Å²) in [6.07, 6.45) is 7.58. The van der Waals surface area contributed by atoms with Crippen molar-refractivity contribution in [3.8, 4) is 0 Å². The van der Waals surface area contributed by atoms with Gasteiger partial charge in [-0.3, -0.25) is 0 Å². The molecular weight excluding hydrogens is 248 g/mol. The van der Waals surface area contributed by atoms with Gasteiger partial charge in [0, 0.05) is 30.9 Å². The second-order valence-corrected chi connectivity index (χ2v) is 6.23. The summed E-state index contributed by atoms with van der Waals surface area (Å²) in [7, 11) is 0. The first-order chi connectivity index (χ1) is 9.63. The van der Waals surface area contributed by atoms with E-state index in [1.54, 1.807) is 0 Å². The molecule has 0 spiro atoms. The molecule has 3 rings (SSSR count). The van der Waals surface area contributed by atoms with Crippen LogP contribution in [0.3, 0.4) is 0 Å². The molecule has 0 amide bonds. The van der Waals surface area contributed by atoms with Crippen LogP contribution in [0.5, 0.6) is 0 Å². The van der Waals surface area contributed by atoms with E-state index in [1.807, 2.05) is 24.5 Å². The number of nitrogen functional groups attached to an aromatic ring is 1. The Kier molecular flexibility index (Phi) is 3.66. The topological polar surface area (TPSA) is 46.6 Å². The van der Waals surface area contributed by atoms with Crippen molar-refractivity contribution >= 4 is 11.2 Å². The minimum atomic E-state index is 0.644. The third kappa shape index (κ3) is 2.66. The number of imidazole rings is 1. The molecule has 1 aliphatic heterocycles. The van der Waals surface area contributed by atoms with Gasteiger partial charge in [0.25, 0.3) is 0 Å². The second kappa shape index (κ2) is 5.44. The van der Waals surface area contributed by atoms with Crippen molar-refractivity contribution < 1.29 is 0 Å². The number of nitrogens with two attached hydrogens (primary N) is 1. The highest BCUT2D eigenvalue weighted by atomic mass is 15.2. The first-order valence-electron chi connectivity index (χ1n) is 7.59. The van der Waals surface area contributed by atoms with Gasteiger partial charge in [-0.1, -0.05) is 0 Å². The van der Waals surface area contributed by atoms with Crippen molar-refractivity contribution in [1.29, 1.82) is 0 Å². The SMILES string of the molecule is CC(C)N1CCCC(Cc2ncc3ccc(N)cn23)C1. The van der Waals surface area contributed by atoms with Crippen LogP contribution in [0.4, 0.5) is 5.69 Å². The van der Waals surface area contributed by atoms with E-state index < -0.39 is 0 Å². The van der Waals surface area contributed by atoms with E-state index in [1.165, 1.54) is 25.9 Å². The zero-order valence-electron chi connectivity index (χ0n) is 12.4. The van der Waals surface area contributed by atoms with Gasteiger partial charge in [-0.2, -0.15) is 0 Å². The van der Waals surface area contributed by atoms with Crippen LogP contribution in [0.1, 0.15) is 32.5 Å². The standard InChI is InChI=1S/C16H24N4/c1-12(2)19-7-3-4-13(10-19)8-16-18-9-15-6-5-14(17)11-20(15)16/h5-6,9,11-13H,3-4,7-8,10,17H2,1-2H3. The summed E-state index contributed by atoms with van der Waals surface area (Å²) in [6.45, 7) is 7.00. The zero-order chi connectivity index (χ0) is 14.1. The van der Waals surface area contributed by atoms with E-state index in [4.69, 9.17) is 5.73 Å². The Labute approximate surface area is 120 Å². The Hall–Kier alpha value is -1.55. The summed E-state index contributed by atoms with van der Waals surface area (Å²) < 4.78 is 2.14. The summed E-state index contributed by atoms with van der Waals surface area (Å²) in [5.74, 6) is 1.85. The molecule has 108 valence electrons. The average molecular weight is 272 g/mol. The second-order valence-electron chi connectivity index (χ2n) is 6.23. The number of fused-ring (bicyclic) bond motifs is 1. The van der Waals surface area contributed by atoms with E-state index in [2.05, 4.69) is 28.1 Å². The largest absolute Gasteiger partial charge is 0.398 e. The molecule has 4 nitrogen and oxygen atoms in total. The molecule has 0 aliphatic carbocycles. The number of nitrogens with zero attached hydrogens (tertiary/aromatic N) is 3. The highest BCUT2D eigenvalue weighted by Crippen LogP contribution is 2.22. The third-order valence-corrected chi connectivity index (χ3v) is 4.38. The monoisotopic (exact) mass is 272 g/mol. The number of anilines is 1. The van der Waals surface area contributed by atoms with Crippen molar-refractivity contribution in [2.75, 3.05) is 18.8 Å². The Balaban J connectivity index is 1.77. The van der Waals surface area contributed by atoms with Crippen LogP contribution >= 0.6 is 0 Å². The van der Waals surface area contributed by atoms with E-state index in [-0.39, 0.29) is 0 Å². The van der Waals surface area contributed by atoms with Crippen molar-refractivity contribution in [1.82, 2.24) is 14.3 Å². The molecule has 1 fully saturated rings. The number of aromatic nitrogens is 2. The minimum absolute atomic E-state index is 0.644. The number of hydrogen-bond acceptors (Lipinski definition) is 3. The Morgan fingerprint density at radius 1 is 1.40 bits per heavy atom. The maximum Gasteiger partial charge on any atom is 0.113 e. The smallest absolute Gasteiger partial charge is 0.113 e. The van der Waals surface area contributed by atoms with Crippen LogP contribution in [-0.4, -0.2) is 33.4 Å². The lowest BCUT2D eigenvalue weighted by atomic mass is 9.93. The lowest BCUT2D eigenvalue weighted by Crippen LogP contribution is -2.40. The molecule has 4 heteroatoms. The molecule has 1 aliphatic rings. The van der Waals surface area contributed by atoms with Gasteiger partial charge in [0.05, 0.1) is 11.7 Å². The van der Waals surface area contributed by atoms with E-state index in [0.717, 1.165) is 23.4 Å². The van der Waals surface area contributed by atoms with Crippen molar-refractivity contribution in [3.63, 3.8) is 0 Å². The van der Waals surface area contributed by atoms with Gasteiger partial charge in [-0.25, -0.2) is 4.98 Å². The first-order valence-corrected chi connectivity index (χ1v) is 7.59. The van der Waals surface area contributed by atoms with E-state index in [0.29, 0.717) is 12.0 Å². The van der Waals surface area contributed by atoms with Crippen molar-refractivity contribution in [2.24, 2.45) is 5.92 Å². The normalized spacial score (nSPS) is 20.9. The molecule has 0 radical (unpaired) electrons. The summed E-state index contributed by atoms with van der Waals surface area (Å²) in [5, 5.41) is 0. The summed E-state index contributed by atoms with van der Waals surface area (Å²) in [5.41, 5.74) is 7.82. The van der Waals surface area contributed by atoms with Gasteiger partial charge in [-0.15, -0.1) is 0 Å². The maximum absolute atomic E-state index is 5.89. The fraction of sp³-hybridized carbons (Fsp3) is 0.562. The van der Waals surface area contributed by atoms with Crippen LogP contribution in [0, 0.1) is 5.92 Å². The van der Waals surface area contributed by atoms with Crippen molar-refractivity contribution in [2.45, 2.75) is 39.2 Å². The van der Waals surface area contributed by atoms with E-state index in [9.17, 15) is 0 Å². The molecule has 2 aromatic heterocycles. The Morgan fingerprint density at radius 2 is 2.25 bits per heavy atom. The predicted molar refractivity (Wildman–Crippen MR) is 82.7 cm³/mol. The average Bonchev–Trinajstić information content (AvgIpc) is 2.82. The molecule has 0 saturated carbocycles. The van der Waals surface area contributed by atoms with Gasteiger partial charge in [0.2, 0.25) is 0 Å². The Morgan fingerprint density at radius 3 is 3.05 bits per heavy atom. The number of piperidine rings is 1. The van der Waals surface area contributed by atoms with Crippen LogP contribution in [0.25, 0.3) is 5.52 Å². The fourth-order valence-electron chi connectivity index (χ4n) is 3.20. The summed E-state index contributed by atoms with van der Waals surface area (Å²) in [6, 6.07) is 4.61. The van der Waals surface area contributed by atoms with E-state index >= 15 is 0 Å². The lowest BCUT2D eigenvalue weighted by molar-refractivity contribution is 0.138. The molecular formula is C16H24N4. The van der Waals surface area contributed by atoms with Gasteiger partial charge < -0.3 is 15.0 Å². The first kappa shape index (κ1) is 13.4. The van der Waals surface area contributed by atoms with Crippen molar-refractivity contribution in [3.05, 3.63) is 30.4 Å². The quantitative estimate of drug-likeness (QED) is 0.934. The molecule has 0 aromatic carbocycles. The van der Waals surface area contributed by atoms with Crippen LogP contribution < -0.4 is 5.73 Å². The molecule has 1 atom stereocenters. The molecule has 2 aromatic rings. The molecule has 1 unspecified atom stereocenters. The fourth-order valence-corrected chi connectivity index (χ4v) is 3.20. The predicted octanol–water partition coefficient (Wildman–Crippen LogP) is 2.58. The molecule has 1 saturated heterocycles. The van der Waals surface area contributed by atoms with Crippen LogP contribution in [0.15, 0.2) is 24.5 Å². The zero-order valence-corrected chi connectivity index (χ0v) is 12.4. The number of hydrogen-bond donors (Lipinski definition) is 1. The Bertz CT molecular complexity index is 587. The van der Waals surface area contributed by atoms with Gasteiger partial charge in [-0.05, 0) is 51.3 Å². The van der Waals surface area contributed by atoms with Crippen LogP contribution in [-0.2, 0) is 6.42 Å². The van der Waals surface area contributed by atoms with Gasteiger partial charge in [0.1, 0.15) is 5.82 Å². The van der Waals surface area contributed by atoms with Crippen LogP contribution in [0.2, 0.25) is 0 Å². The van der Waals surface area contributed by atoms with Gasteiger partial charge in [0.15, 0.2) is 0 Å². The maximum atomic E-state index is 5.89. The molecule has 2 N–H and O–H groups in total. The summed E-state index contributed by atoms with van der Waals surface area (Å²) >= 11 is 0.